The Labute approximate surface area is 109 Å². The second-order valence-corrected chi connectivity index (χ2v) is 3.88. The second kappa shape index (κ2) is 6.63. The van der Waals surface area contributed by atoms with Crippen LogP contribution in [0, 0.1) is 0 Å². The number of rotatable bonds is 6. The Morgan fingerprint density at radius 2 is 1.63 bits per heavy atom. The van der Waals surface area contributed by atoms with Crippen LogP contribution in [0.2, 0.25) is 0 Å². The standard InChI is InChI=1S/C12H16F3NO3/c1-17-9-3-8(4-10(5-9)18-2)11(16)6-19-7-12(13,14)15/h3-5,11H,6-7,16H2,1-2H3. The third kappa shape index (κ3) is 5.35. The Morgan fingerprint density at radius 1 is 1.11 bits per heavy atom. The van der Waals surface area contributed by atoms with E-state index in [0.29, 0.717) is 17.1 Å². The van der Waals surface area contributed by atoms with Crippen LogP contribution in [0.1, 0.15) is 11.6 Å². The van der Waals surface area contributed by atoms with Crippen LogP contribution in [-0.2, 0) is 4.74 Å². The molecule has 1 rings (SSSR count). The van der Waals surface area contributed by atoms with Gasteiger partial charge in [0.25, 0.3) is 0 Å². The molecule has 2 N–H and O–H groups in total. The van der Waals surface area contributed by atoms with E-state index in [1.165, 1.54) is 14.2 Å². The van der Waals surface area contributed by atoms with Gasteiger partial charge in [-0.15, -0.1) is 0 Å². The minimum absolute atomic E-state index is 0.240. The maximum Gasteiger partial charge on any atom is 0.411 e. The fourth-order valence-electron chi connectivity index (χ4n) is 1.44. The molecule has 0 heterocycles. The minimum atomic E-state index is -4.36. The Bertz CT molecular complexity index is 387. The number of hydrogen-bond acceptors (Lipinski definition) is 4. The van der Waals surface area contributed by atoms with Crippen LogP contribution in [0.4, 0.5) is 13.2 Å². The molecule has 0 aliphatic heterocycles. The van der Waals surface area contributed by atoms with Gasteiger partial charge in [-0.1, -0.05) is 0 Å². The first-order valence-corrected chi connectivity index (χ1v) is 5.48. The summed E-state index contributed by atoms with van der Waals surface area (Å²) in [7, 11) is 2.95. The number of alkyl halides is 3. The summed E-state index contributed by atoms with van der Waals surface area (Å²) in [5.41, 5.74) is 6.35. The van der Waals surface area contributed by atoms with Crippen molar-refractivity contribution < 1.29 is 27.4 Å². The van der Waals surface area contributed by atoms with Gasteiger partial charge in [0.2, 0.25) is 0 Å². The highest BCUT2D eigenvalue weighted by atomic mass is 19.4. The molecular weight excluding hydrogens is 263 g/mol. The van der Waals surface area contributed by atoms with Crippen molar-refractivity contribution in [3.8, 4) is 11.5 Å². The lowest BCUT2D eigenvalue weighted by Crippen LogP contribution is -2.23. The molecule has 19 heavy (non-hydrogen) atoms. The molecule has 0 amide bonds. The summed E-state index contributed by atoms with van der Waals surface area (Å²) >= 11 is 0. The van der Waals surface area contributed by atoms with Gasteiger partial charge in [-0.3, -0.25) is 0 Å². The van der Waals surface area contributed by atoms with E-state index < -0.39 is 18.8 Å². The van der Waals surface area contributed by atoms with Crippen LogP contribution in [0.5, 0.6) is 11.5 Å². The van der Waals surface area contributed by atoms with Gasteiger partial charge in [-0.25, -0.2) is 0 Å². The maximum absolute atomic E-state index is 11.9. The van der Waals surface area contributed by atoms with Crippen molar-refractivity contribution in [1.82, 2.24) is 0 Å². The van der Waals surface area contributed by atoms with E-state index in [-0.39, 0.29) is 6.61 Å². The summed E-state index contributed by atoms with van der Waals surface area (Å²) in [6.07, 6.45) is -4.36. The van der Waals surface area contributed by atoms with Gasteiger partial charge in [0, 0.05) is 6.07 Å². The molecule has 1 aromatic carbocycles. The average molecular weight is 279 g/mol. The zero-order valence-corrected chi connectivity index (χ0v) is 10.7. The van der Waals surface area contributed by atoms with E-state index in [1.54, 1.807) is 18.2 Å². The molecule has 0 aromatic heterocycles. The molecule has 0 bridgehead atoms. The first-order chi connectivity index (χ1) is 8.85. The predicted octanol–water partition coefficient (Wildman–Crippen LogP) is 2.28. The van der Waals surface area contributed by atoms with Crippen LogP contribution >= 0.6 is 0 Å². The van der Waals surface area contributed by atoms with Crippen LogP contribution in [0.25, 0.3) is 0 Å². The van der Waals surface area contributed by atoms with E-state index in [4.69, 9.17) is 15.2 Å². The third-order valence-corrected chi connectivity index (χ3v) is 2.37. The first-order valence-electron chi connectivity index (χ1n) is 5.48. The number of methoxy groups -OCH3 is 2. The monoisotopic (exact) mass is 279 g/mol. The molecule has 0 aliphatic rings. The summed E-state index contributed by atoms with van der Waals surface area (Å²) in [5.74, 6) is 1.03. The normalized spacial score (nSPS) is 13.2. The lowest BCUT2D eigenvalue weighted by molar-refractivity contribution is -0.174. The van der Waals surface area contributed by atoms with Crippen molar-refractivity contribution in [3.63, 3.8) is 0 Å². The molecule has 0 aliphatic carbocycles. The summed E-state index contributed by atoms with van der Waals surface area (Å²) in [4.78, 5) is 0. The molecule has 108 valence electrons. The van der Waals surface area contributed by atoms with Crippen molar-refractivity contribution in [2.24, 2.45) is 5.73 Å². The van der Waals surface area contributed by atoms with E-state index in [1.807, 2.05) is 0 Å². The molecule has 1 aromatic rings. The van der Waals surface area contributed by atoms with Gasteiger partial charge >= 0.3 is 6.18 Å². The molecule has 1 unspecified atom stereocenters. The van der Waals surface area contributed by atoms with Crippen LogP contribution < -0.4 is 15.2 Å². The summed E-state index contributed by atoms with van der Waals surface area (Å²) < 4.78 is 50.4. The average Bonchev–Trinajstić information content (AvgIpc) is 2.36. The summed E-state index contributed by atoms with van der Waals surface area (Å²) in [5, 5.41) is 0. The van der Waals surface area contributed by atoms with E-state index >= 15 is 0 Å². The van der Waals surface area contributed by atoms with Crippen LogP contribution in [0.15, 0.2) is 18.2 Å². The topological polar surface area (TPSA) is 53.7 Å². The van der Waals surface area contributed by atoms with Gasteiger partial charge < -0.3 is 19.9 Å². The van der Waals surface area contributed by atoms with Crippen LogP contribution in [0.3, 0.4) is 0 Å². The van der Waals surface area contributed by atoms with Gasteiger partial charge in [0.15, 0.2) is 0 Å². The quantitative estimate of drug-likeness (QED) is 0.868. The number of benzene rings is 1. The fourth-order valence-corrected chi connectivity index (χ4v) is 1.44. The first kappa shape index (κ1) is 15.6. The predicted molar refractivity (Wildman–Crippen MR) is 63.3 cm³/mol. The lowest BCUT2D eigenvalue weighted by atomic mass is 10.1. The minimum Gasteiger partial charge on any atom is -0.497 e. The van der Waals surface area contributed by atoms with E-state index in [2.05, 4.69) is 4.74 Å². The van der Waals surface area contributed by atoms with Gasteiger partial charge in [0.1, 0.15) is 18.1 Å². The molecule has 0 spiro atoms. The molecule has 7 heteroatoms. The molecule has 0 fully saturated rings. The van der Waals surface area contributed by atoms with Crippen molar-refractivity contribution >= 4 is 0 Å². The van der Waals surface area contributed by atoms with Crippen molar-refractivity contribution in [2.45, 2.75) is 12.2 Å². The second-order valence-electron chi connectivity index (χ2n) is 3.88. The summed E-state index contributed by atoms with van der Waals surface area (Å²) in [6.45, 7) is -1.56. The molecule has 0 radical (unpaired) electrons. The SMILES string of the molecule is COc1cc(OC)cc(C(N)COCC(F)(F)F)c1. The Morgan fingerprint density at radius 3 is 2.05 bits per heavy atom. The van der Waals surface area contributed by atoms with E-state index in [9.17, 15) is 13.2 Å². The highest BCUT2D eigenvalue weighted by Crippen LogP contribution is 2.26. The number of ether oxygens (including phenoxy) is 3. The van der Waals surface area contributed by atoms with Crippen molar-refractivity contribution in [3.05, 3.63) is 23.8 Å². The van der Waals surface area contributed by atoms with Gasteiger partial charge in [-0.2, -0.15) is 13.2 Å². The van der Waals surface area contributed by atoms with Gasteiger partial charge in [0.05, 0.1) is 26.9 Å². The Hall–Kier alpha value is -1.47. The Balaban J connectivity index is 2.68. The van der Waals surface area contributed by atoms with Crippen molar-refractivity contribution in [2.75, 3.05) is 27.4 Å². The third-order valence-electron chi connectivity index (χ3n) is 2.37. The molecule has 0 saturated carbocycles. The lowest BCUT2D eigenvalue weighted by Gasteiger charge is -2.15. The van der Waals surface area contributed by atoms with Crippen molar-refractivity contribution in [1.29, 1.82) is 0 Å². The smallest absolute Gasteiger partial charge is 0.411 e. The largest absolute Gasteiger partial charge is 0.497 e. The highest BCUT2D eigenvalue weighted by Gasteiger charge is 2.27. The molecule has 0 saturated heterocycles. The number of halogens is 3. The zero-order valence-electron chi connectivity index (χ0n) is 10.7. The number of hydrogen-bond donors (Lipinski definition) is 1. The molecule has 1 atom stereocenters. The fraction of sp³-hybridized carbons (Fsp3) is 0.500. The number of nitrogens with two attached hydrogens (primary N) is 1. The molecule has 4 nitrogen and oxygen atoms in total. The zero-order chi connectivity index (χ0) is 14.5. The maximum atomic E-state index is 11.9. The molecular formula is C12H16F3NO3. The van der Waals surface area contributed by atoms with Crippen LogP contribution in [-0.4, -0.2) is 33.6 Å². The summed E-state index contributed by atoms with van der Waals surface area (Å²) in [6, 6.07) is 4.22. The van der Waals surface area contributed by atoms with E-state index in [0.717, 1.165) is 0 Å². The van der Waals surface area contributed by atoms with Gasteiger partial charge in [-0.05, 0) is 17.7 Å². The Kier molecular flexibility index (Phi) is 5.44. The highest BCUT2D eigenvalue weighted by molar-refractivity contribution is 5.39.